The van der Waals surface area contributed by atoms with Crippen LogP contribution in [0.3, 0.4) is 0 Å². The summed E-state index contributed by atoms with van der Waals surface area (Å²) in [5.74, 6) is 0.176. The minimum Gasteiger partial charge on any atom is -0.354 e. The molecule has 0 fully saturated rings. The fourth-order valence-electron chi connectivity index (χ4n) is 2.19. The summed E-state index contributed by atoms with van der Waals surface area (Å²) in [5, 5.41) is 5.18. The predicted molar refractivity (Wildman–Crippen MR) is 82.5 cm³/mol. The van der Waals surface area contributed by atoms with Crippen LogP contribution in [0.25, 0.3) is 0 Å². The first kappa shape index (κ1) is 16.2. The van der Waals surface area contributed by atoms with E-state index in [9.17, 15) is 4.79 Å². The SMILES string of the molecule is CCCCC(=O)NCC(c1cccs1)N(CC)CC. The average Bonchev–Trinajstić information content (AvgIpc) is 2.94. The molecular formula is C15H26N2OS. The number of rotatable bonds is 9. The lowest BCUT2D eigenvalue weighted by Crippen LogP contribution is -2.37. The van der Waals surface area contributed by atoms with E-state index in [-0.39, 0.29) is 5.91 Å². The Hall–Kier alpha value is -0.870. The van der Waals surface area contributed by atoms with E-state index in [4.69, 9.17) is 0 Å². The second-order valence-electron chi connectivity index (χ2n) is 4.66. The van der Waals surface area contributed by atoms with Gasteiger partial charge in [0, 0.05) is 17.8 Å². The Bertz CT molecular complexity index is 347. The molecule has 4 heteroatoms. The molecule has 0 saturated heterocycles. The smallest absolute Gasteiger partial charge is 0.220 e. The van der Waals surface area contributed by atoms with Crippen molar-refractivity contribution in [3.05, 3.63) is 22.4 Å². The van der Waals surface area contributed by atoms with Gasteiger partial charge in [0.1, 0.15) is 0 Å². The zero-order valence-electron chi connectivity index (χ0n) is 12.3. The van der Waals surface area contributed by atoms with Gasteiger partial charge in [0.15, 0.2) is 0 Å². The summed E-state index contributed by atoms with van der Waals surface area (Å²) in [6.45, 7) is 9.17. The van der Waals surface area contributed by atoms with Crippen LogP contribution in [-0.2, 0) is 4.79 Å². The second-order valence-corrected chi connectivity index (χ2v) is 5.64. The lowest BCUT2D eigenvalue weighted by Gasteiger charge is -2.29. The third kappa shape index (κ3) is 5.33. The molecular weight excluding hydrogens is 256 g/mol. The molecule has 1 heterocycles. The predicted octanol–water partition coefficient (Wildman–Crippen LogP) is 3.44. The number of hydrogen-bond donors (Lipinski definition) is 1. The number of carbonyl (C=O) groups excluding carboxylic acids is 1. The normalized spacial score (nSPS) is 12.6. The van der Waals surface area contributed by atoms with Gasteiger partial charge in [-0.1, -0.05) is 33.3 Å². The van der Waals surface area contributed by atoms with Crippen molar-refractivity contribution in [3.63, 3.8) is 0 Å². The molecule has 1 N–H and O–H groups in total. The van der Waals surface area contributed by atoms with Crippen LogP contribution in [0.5, 0.6) is 0 Å². The molecule has 1 rings (SSSR count). The van der Waals surface area contributed by atoms with Crippen LogP contribution in [0.1, 0.15) is 51.0 Å². The Labute approximate surface area is 121 Å². The quantitative estimate of drug-likeness (QED) is 0.752. The summed E-state index contributed by atoms with van der Waals surface area (Å²) in [6.07, 6.45) is 2.69. The molecule has 1 amide bonds. The van der Waals surface area contributed by atoms with Crippen molar-refractivity contribution in [2.24, 2.45) is 0 Å². The maximum absolute atomic E-state index is 11.7. The maximum atomic E-state index is 11.7. The third-order valence-electron chi connectivity index (χ3n) is 3.37. The van der Waals surface area contributed by atoms with E-state index in [1.54, 1.807) is 11.3 Å². The maximum Gasteiger partial charge on any atom is 0.220 e. The van der Waals surface area contributed by atoms with Crippen molar-refractivity contribution >= 4 is 17.2 Å². The van der Waals surface area contributed by atoms with Crippen LogP contribution in [0.2, 0.25) is 0 Å². The van der Waals surface area contributed by atoms with Crippen molar-refractivity contribution in [3.8, 4) is 0 Å². The summed E-state index contributed by atoms with van der Waals surface area (Å²) in [7, 11) is 0. The first-order chi connectivity index (χ1) is 9.22. The van der Waals surface area contributed by atoms with Gasteiger partial charge in [0.2, 0.25) is 5.91 Å². The highest BCUT2D eigenvalue weighted by Gasteiger charge is 2.19. The number of nitrogens with one attached hydrogen (secondary N) is 1. The largest absolute Gasteiger partial charge is 0.354 e. The van der Waals surface area contributed by atoms with Gasteiger partial charge in [-0.2, -0.15) is 0 Å². The summed E-state index contributed by atoms with van der Waals surface area (Å²) in [6, 6.07) is 4.54. The number of likely N-dealkylation sites (N-methyl/N-ethyl adjacent to an activating group) is 1. The lowest BCUT2D eigenvalue weighted by atomic mass is 10.2. The van der Waals surface area contributed by atoms with Crippen LogP contribution < -0.4 is 5.32 Å². The topological polar surface area (TPSA) is 32.3 Å². The van der Waals surface area contributed by atoms with E-state index in [1.165, 1.54) is 4.88 Å². The molecule has 19 heavy (non-hydrogen) atoms. The van der Waals surface area contributed by atoms with Crippen molar-refractivity contribution in [2.75, 3.05) is 19.6 Å². The van der Waals surface area contributed by atoms with Gasteiger partial charge in [-0.3, -0.25) is 9.69 Å². The zero-order valence-corrected chi connectivity index (χ0v) is 13.1. The standard InChI is InChI=1S/C15H26N2OS/c1-4-7-10-15(18)16-12-13(17(5-2)6-3)14-9-8-11-19-14/h8-9,11,13H,4-7,10,12H2,1-3H3,(H,16,18). The number of amides is 1. The van der Waals surface area contributed by atoms with Gasteiger partial charge in [-0.05, 0) is 31.0 Å². The summed E-state index contributed by atoms with van der Waals surface area (Å²) in [4.78, 5) is 15.5. The molecule has 3 nitrogen and oxygen atoms in total. The van der Waals surface area contributed by atoms with Crippen LogP contribution in [0.4, 0.5) is 0 Å². The summed E-state index contributed by atoms with van der Waals surface area (Å²) < 4.78 is 0. The van der Waals surface area contributed by atoms with Gasteiger partial charge < -0.3 is 5.32 Å². The van der Waals surface area contributed by atoms with E-state index in [0.717, 1.165) is 25.9 Å². The van der Waals surface area contributed by atoms with E-state index in [2.05, 4.69) is 48.5 Å². The van der Waals surface area contributed by atoms with Crippen molar-refractivity contribution in [2.45, 2.75) is 46.1 Å². The highest BCUT2D eigenvalue weighted by molar-refractivity contribution is 7.10. The van der Waals surface area contributed by atoms with E-state index in [0.29, 0.717) is 19.0 Å². The molecule has 0 saturated carbocycles. The number of nitrogens with zero attached hydrogens (tertiary/aromatic N) is 1. The van der Waals surface area contributed by atoms with Crippen molar-refractivity contribution in [1.82, 2.24) is 10.2 Å². The molecule has 1 unspecified atom stereocenters. The minimum atomic E-state index is 0.176. The fourth-order valence-corrected chi connectivity index (χ4v) is 3.05. The first-order valence-electron chi connectivity index (χ1n) is 7.27. The molecule has 0 aliphatic rings. The van der Waals surface area contributed by atoms with Crippen LogP contribution in [0, 0.1) is 0 Å². The fraction of sp³-hybridized carbons (Fsp3) is 0.667. The molecule has 0 radical (unpaired) electrons. The molecule has 1 aromatic rings. The number of carbonyl (C=O) groups is 1. The Morgan fingerprint density at radius 2 is 2.11 bits per heavy atom. The van der Waals surface area contributed by atoms with Crippen molar-refractivity contribution < 1.29 is 4.79 Å². The van der Waals surface area contributed by atoms with Crippen LogP contribution >= 0.6 is 11.3 Å². The van der Waals surface area contributed by atoms with Gasteiger partial charge in [-0.25, -0.2) is 0 Å². The molecule has 108 valence electrons. The number of hydrogen-bond acceptors (Lipinski definition) is 3. The molecule has 0 aliphatic carbocycles. The van der Waals surface area contributed by atoms with Gasteiger partial charge in [0.05, 0.1) is 6.04 Å². The molecule has 0 bridgehead atoms. The van der Waals surface area contributed by atoms with E-state index in [1.807, 2.05) is 0 Å². The highest BCUT2D eigenvalue weighted by Crippen LogP contribution is 2.24. The van der Waals surface area contributed by atoms with Crippen LogP contribution in [-0.4, -0.2) is 30.4 Å². The second kappa shape index (κ2) is 9.10. The van der Waals surface area contributed by atoms with E-state index >= 15 is 0 Å². The van der Waals surface area contributed by atoms with Gasteiger partial charge >= 0.3 is 0 Å². The first-order valence-corrected chi connectivity index (χ1v) is 8.14. The number of thiophene rings is 1. The number of unbranched alkanes of at least 4 members (excludes halogenated alkanes) is 1. The Kier molecular flexibility index (Phi) is 7.75. The van der Waals surface area contributed by atoms with Gasteiger partial charge in [0.25, 0.3) is 0 Å². The molecule has 1 atom stereocenters. The lowest BCUT2D eigenvalue weighted by molar-refractivity contribution is -0.121. The monoisotopic (exact) mass is 282 g/mol. The molecule has 0 aromatic carbocycles. The van der Waals surface area contributed by atoms with Crippen molar-refractivity contribution in [1.29, 1.82) is 0 Å². The van der Waals surface area contributed by atoms with Gasteiger partial charge in [-0.15, -0.1) is 11.3 Å². The average molecular weight is 282 g/mol. The minimum absolute atomic E-state index is 0.176. The van der Waals surface area contributed by atoms with E-state index < -0.39 is 0 Å². The molecule has 0 aliphatic heterocycles. The summed E-state index contributed by atoms with van der Waals surface area (Å²) >= 11 is 1.77. The highest BCUT2D eigenvalue weighted by atomic mass is 32.1. The third-order valence-corrected chi connectivity index (χ3v) is 4.35. The molecule has 0 spiro atoms. The summed E-state index contributed by atoms with van der Waals surface area (Å²) in [5.41, 5.74) is 0. The Balaban J connectivity index is 2.57. The Morgan fingerprint density at radius 1 is 1.37 bits per heavy atom. The zero-order chi connectivity index (χ0) is 14.1. The molecule has 1 aromatic heterocycles. The Morgan fingerprint density at radius 3 is 2.63 bits per heavy atom. The van der Waals surface area contributed by atoms with Crippen LogP contribution in [0.15, 0.2) is 17.5 Å².